The van der Waals surface area contributed by atoms with Crippen molar-refractivity contribution in [1.29, 1.82) is 0 Å². The number of nitrogens with one attached hydrogen (secondary N) is 2. The fourth-order valence-electron chi connectivity index (χ4n) is 1.77. The molecule has 0 fully saturated rings. The largest absolute Gasteiger partial charge is 0.336 e. The molecular weight excluding hydrogens is 240 g/mol. The van der Waals surface area contributed by atoms with Gasteiger partial charge in [-0.1, -0.05) is 18.2 Å². The van der Waals surface area contributed by atoms with Gasteiger partial charge in [0.05, 0.1) is 12.9 Å². The van der Waals surface area contributed by atoms with Crippen molar-refractivity contribution in [1.82, 2.24) is 14.9 Å². The number of imidazole rings is 1. The van der Waals surface area contributed by atoms with E-state index in [0.29, 0.717) is 6.54 Å². The number of amides is 1. The fraction of sp³-hybridized carbons (Fsp3) is 0.286. The van der Waals surface area contributed by atoms with Gasteiger partial charge in [0.15, 0.2) is 0 Å². The number of para-hydroxylation sites is 1. The summed E-state index contributed by atoms with van der Waals surface area (Å²) in [6.07, 6.45) is 5.42. The first-order chi connectivity index (χ1) is 9.24. The Morgan fingerprint density at radius 3 is 2.84 bits per heavy atom. The van der Waals surface area contributed by atoms with Crippen molar-refractivity contribution in [2.75, 3.05) is 11.9 Å². The van der Waals surface area contributed by atoms with Gasteiger partial charge in [-0.05, 0) is 19.1 Å². The van der Waals surface area contributed by atoms with Crippen molar-refractivity contribution in [3.05, 3.63) is 49.1 Å². The zero-order valence-electron chi connectivity index (χ0n) is 10.9. The van der Waals surface area contributed by atoms with Crippen LogP contribution in [0.5, 0.6) is 0 Å². The summed E-state index contributed by atoms with van der Waals surface area (Å²) in [6.45, 7) is 3.12. The van der Waals surface area contributed by atoms with Crippen molar-refractivity contribution in [3.8, 4) is 0 Å². The highest BCUT2D eigenvalue weighted by Gasteiger charge is 2.06. The number of hydrogen-bond acceptors (Lipinski definition) is 3. The molecule has 1 amide bonds. The van der Waals surface area contributed by atoms with E-state index >= 15 is 0 Å². The number of rotatable bonds is 6. The maximum Gasteiger partial charge on any atom is 0.238 e. The van der Waals surface area contributed by atoms with Crippen LogP contribution in [0.1, 0.15) is 6.92 Å². The number of carbonyl (C=O) groups excluding carboxylic acids is 1. The van der Waals surface area contributed by atoms with Gasteiger partial charge in [0, 0.05) is 30.7 Å². The molecule has 1 atom stereocenters. The summed E-state index contributed by atoms with van der Waals surface area (Å²) in [7, 11) is 0. The average molecular weight is 258 g/mol. The van der Waals surface area contributed by atoms with Gasteiger partial charge in [0.1, 0.15) is 0 Å². The summed E-state index contributed by atoms with van der Waals surface area (Å²) >= 11 is 0. The normalized spacial score (nSPS) is 12.1. The number of anilines is 1. The van der Waals surface area contributed by atoms with E-state index in [0.717, 1.165) is 12.2 Å². The number of hydrogen-bond donors (Lipinski definition) is 2. The molecule has 2 rings (SSSR count). The molecule has 2 aromatic rings. The molecule has 2 N–H and O–H groups in total. The van der Waals surface area contributed by atoms with Gasteiger partial charge < -0.3 is 15.2 Å². The Bertz CT molecular complexity index is 495. The lowest BCUT2D eigenvalue weighted by Crippen LogP contribution is -2.36. The Morgan fingerprint density at radius 2 is 2.16 bits per heavy atom. The third-order valence-corrected chi connectivity index (χ3v) is 2.71. The summed E-state index contributed by atoms with van der Waals surface area (Å²) in [5, 5.41) is 6.02. The van der Waals surface area contributed by atoms with Crippen LogP contribution in [0.25, 0.3) is 0 Å². The lowest BCUT2D eigenvalue weighted by molar-refractivity contribution is -0.115. The smallest absolute Gasteiger partial charge is 0.238 e. The van der Waals surface area contributed by atoms with Crippen molar-refractivity contribution < 1.29 is 4.79 Å². The Hall–Kier alpha value is -2.14. The summed E-state index contributed by atoms with van der Waals surface area (Å²) in [5.74, 6) is -0.0383. The first-order valence-corrected chi connectivity index (χ1v) is 6.28. The van der Waals surface area contributed by atoms with Gasteiger partial charge >= 0.3 is 0 Å². The van der Waals surface area contributed by atoms with Gasteiger partial charge in [-0.2, -0.15) is 0 Å². The molecular formula is C14H18N4O. The quantitative estimate of drug-likeness (QED) is 0.825. The second kappa shape index (κ2) is 6.70. The lowest BCUT2D eigenvalue weighted by atomic mass is 10.3. The minimum absolute atomic E-state index is 0.0383. The summed E-state index contributed by atoms with van der Waals surface area (Å²) in [4.78, 5) is 15.7. The molecule has 19 heavy (non-hydrogen) atoms. The van der Waals surface area contributed by atoms with E-state index in [4.69, 9.17) is 0 Å². The van der Waals surface area contributed by atoms with E-state index in [1.165, 1.54) is 0 Å². The zero-order valence-corrected chi connectivity index (χ0v) is 10.9. The van der Waals surface area contributed by atoms with E-state index in [2.05, 4.69) is 15.6 Å². The SMILES string of the molecule is CC(Cn1ccnc1)NCC(=O)Nc1ccccc1. The Labute approximate surface area is 112 Å². The first kappa shape index (κ1) is 13.3. The molecule has 0 saturated carbocycles. The van der Waals surface area contributed by atoms with Gasteiger partial charge in [0.25, 0.3) is 0 Å². The zero-order chi connectivity index (χ0) is 13.5. The highest BCUT2D eigenvalue weighted by molar-refractivity contribution is 5.92. The molecule has 1 unspecified atom stereocenters. The highest BCUT2D eigenvalue weighted by Crippen LogP contribution is 2.04. The van der Waals surface area contributed by atoms with Crippen molar-refractivity contribution >= 4 is 11.6 Å². The molecule has 1 heterocycles. The van der Waals surface area contributed by atoms with E-state index in [9.17, 15) is 4.79 Å². The second-order valence-corrected chi connectivity index (χ2v) is 4.46. The maximum absolute atomic E-state index is 11.7. The number of carbonyl (C=O) groups is 1. The van der Waals surface area contributed by atoms with E-state index in [1.54, 1.807) is 12.5 Å². The molecule has 0 saturated heterocycles. The Kier molecular flexibility index (Phi) is 4.69. The van der Waals surface area contributed by atoms with Crippen LogP contribution in [0.4, 0.5) is 5.69 Å². The van der Waals surface area contributed by atoms with Gasteiger partial charge in [-0.3, -0.25) is 4.79 Å². The Morgan fingerprint density at radius 1 is 1.37 bits per heavy atom. The second-order valence-electron chi connectivity index (χ2n) is 4.46. The maximum atomic E-state index is 11.7. The fourth-order valence-corrected chi connectivity index (χ4v) is 1.77. The molecule has 0 aliphatic rings. The van der Waals surface area contributed by atoms with E-state index in [1.807, 2.05) is 48.0 Å². The molecule has 1 aromatic carbocycles. The molecule has 0 aliphatic carbocycles. The van der Waals surface area contributed by atoms with Gasteiger partial charge in [0.2, 0.25) is 5.91 Å². The minimum atomic E-state index is -0.0383. The average Bonchev–Trinajstić information content (AvgIpc) is 2.90. The molecule has 0 bridgehead atoms. The molecule has 0 spiro atoms. The van der Waals surface area contributed by atoms with Crippen LogP contribution in [-0.2, 0) is 11.3 Å². The van der Waals surface area contributed by atoms with Crippen LogP contribution in [0.3, 0.4) is 0 Å². The van der Waals surface area contributed by atoms with Crippen molar-refractivity contribution in [2.24, 2.45) is 0 Å². The third-order valence-electron chi connectivity index (χ3n) is 2.71. The molecule has 100 valence electrons. The topological polar surface area (TPSA) is 59.0 Å². The standard InChI is InChI=1S/C14H18N4O/c1-12(10-18-8-7-15-11-18)16-9-14(19)17-13-5-3-2-4-6-13/h2-8,11-12,16H,9-10H2,1H3,(H,17,19). The number of aromatic nitrogens is 2. The van der Waals surface area contributed by atoms with Crippen LogP contribution in [-0.4, -0.2) is 28.0 Å². The van der Waals surface area contributed by atoms with Crippen LogP contribution in [0.2, 0.25) is 0 Å². The van der Waals surface area contributed by atoms with Crippen LogP contribution in [0.15, 0.2) is 49.1 Å². The molecule has 5 heteroatoms. The van der Waals surface area contributed by atoms with Gasteiger partial charge in [-0.25, -0.2) is 4.98 Å². The first-order valence-electron chi connectivity index (χ1n) is 6.28. The Balaban J connectivity index is 1.71. The predicted molar refractivity (Wildman–Crippen MR) is 74.8 cm³/mol. The summed E-state index contributed by atoms with van der Waals surface area (Å²) in [6, 6.07) is 9.65. The van der Waals surface area contributed by atoms with E-state index < -0.39 is 0 Å². The van der Waals surface area contributed by atoms with Crippen molar-refractivity contribution in [2.45, 2.75) is 19.5 Å². The van der Waals surface area contributed by atoms with Crippen LogP contribution in [0, 0.1) is 0 Å². The highest BCUT2D eigenvalue weighted by atomic mass is 16.1. The molecule has 0 radical (unpaired) electrons. The molecule has 1 aromatic heterocycles. The van der Waals surface area contributed by atoms with Crippen LogP contribution >= 0.6 is 0 Å². The van der Waals surface area contributed by atoms with E-state index in [-0.39, 0.29) is 11.9 Å². The minimum Gasteiger partial charge on any atom is -0.336 e. The summed E-state index contributed by atoms with van der Waals surface area (Å²) < 4.78 is 1.98. The van der Waals surface area contributed by atoms with Gasteiger partial charge in [-0.15, -0.1) is 0 Å². The van der Waals surface area contributed by atoms with Crippen LogP contribution < -0.4 is 10.6 Å². The lowest BCUT2D eigenvalue weighted by Gasteiger charge is -2.14. The monoisotopic (exact) mass is 258 g/mol. The molecule has 0 aliphatic heterocycles. The third kappa shape index (κ3) is 4.56. The number of nitrogens with zero attached hydrogens (tertiary/aromatic N) is 2. The van der Waals surface area contributed by atoms with Crippen molar-refractivity contribution in [3.63, 3.8) is 0 Å². The number of benzene rings is 1. The summed E-state index contributed by atoms with van der Waals surface area (Å²) in [5.41, 5.74) is 0.816. The molecule has 5 nitrogen and oxygen atoms in total. The predicted octanol–water partition coefficient (Wildman–Crippen LogP) is 1.50.